The average molecular weight is 252 g/mol. The molecule has 0 amide bonds. The van der Waals surface area contributed by atoms with Crippen LogP contribution in [0.3, 0.4) is 0 Å². The Kier molecular flexibility index (Phi) is 4.32. The van der Waals surface area contributed by atoms with Crippen LogP contribution in [0, 0.1) is 11.7 Å². The zero-order valence-corrected chi connectivity index (χ0v) is 10.8. The van der Waals surface area contributed by atoms with E-state index in [1.807, 2.05) is 6.07 Å². The van der Waals surface area contributed by atoms with E-state index in [1.54, 1.807) is 6.07 Å². The maximum atomic E-state index is 13.3. The van der Waals surface area contributed by atoms with Gasteiger partial charge in [0.1, 0.15) is 5.82 Å². The van der Waals surface area contributed by atoms with Crippen LogP contribution in [0.1, 0.15) is 24.5 Å². The molecule has 0 bridgehead atoms. The molecule has 2 atom stereocenters. The molecule has 0 saturated carbocycles. The second-order valence-corrected chi connectivity index (χ2v) is 5.20. The number of hydrogen-bond acceptors (Lipinski definition) is 3. The normalized spacial score (nSPS) is 25.3. The standard InChI is InChI=1S/C14H21FN2O/c1-10-4-5-17(9-14(10)18)8-11-2-3-13(15)12(6-11)7-16/h2-3,6,10,14,18H,4-5,7-9,16H2,1H3. The van der Waals surface area contributed by atoms with Gasteiger partial charge in [-0.2, -0.15) is 0 Å². The SMILES string of the molecule is CC1CCN(Cc2ccc(F)c(CN)c2)CC1O. The lowest BCUT2D eigenvalue weighted by Gasteiger charge is -2.34. The van der Waals surface area contributed by atoms with Crippen molar-refractivity contribution < 1.29 is 9.50 Å². The number of nitrogens with two attached hydrogens (primary N) is 1. The summed E-state index contributed by atoms with van der Waals surface area (Å²) in [6, 6.07) is 5.08. The first-order valence-electron chi connectivity index (χ1n) is 6.48. The highest BCUT2D eigenvalue weighted by Gasteiger charge is 2.24. The van der Waals surface area contributed by atoms with Crippen molar-refractivity contribution >= 4 is 0 Å². The molecule has 2 unspecified atom stereocenters. The van der Waals surface area contributed by atoms with E-state index in [9.17, 15) is 9.50 Å². The molecule has 3 nitrogen and oxygen atoms in total. The molecule has 1 heterocycles. The highest BCUT2D eigenvalue weighted by molar-refractivity contribution is 5.25. The van der Waals surface area contributed by atoms with Gasteiger partial charge in [0.25, 0.3) is 0 Å². The average Bonchev–Trinajstić information content (AvgIpc) is 2.36. The Labute approximate surface area is 107 Å². The summed E-state index contributed by atoms with van der Waals surface area (Å²) in [4.78, 5) is 2.21. The van der Waals surface area contributed by atoms with E-state index < -0.39 is 0 Å². The van der Waals surface area contributed by atoms with Crippen molar-refractivity contribution in [2.45, 2.75) is 32.5 Å². The van der Waals surface area contributed by atoms with Gasteiger partial charge in [0, 0.05) is 25.2 Å². The molecule has 18 heavy (non-hydrogen) atoms. The molecule has 1 aromatic carbocycles. The van der Waals surface area contributed by atoms with Gasteiger partial charge in [0.2, 0.25) is 0 Å². The van der Waals surface area contributed by atoms with Gasteiger partial charge in [-0.25, -0.2) is 4.39 Å². The summed E-state index contributed by atoms with van der Waals surface area (Å²) in [5.74, 6) is 0.127. The first-order valence-corrected chi connectivity index (χ1v) is 6.48. The van der Waals surface area contributed by atoms with Crippen LogP contribution >= 0.6 is 0 Å². The molecule has 100 valence electrons. The summed E-state index contributed by atoms with van der Waals surface area (Å²) in [6.07, 6.45) is 0.750. The monoisotopic (exact) mass is 252 g/mol. The molecule has 1 aromatic rings. The van der Waals surface area contributed by atoms with Crippen LogP contribution in [-0.4, -0.2) is 29.2 Å². The van der Waals surface area contributed by atoms with Crippen molar-refractivity contribution in [1.82, 2.24) is 4.90 Å². The Morgan fingerprint density at radius 3 is 2.94 bits per heavy atom. The third kappa shape index (κ3) is 3.07. The molecule has 1 saturated heterocycles. The lowest BCUT2D eigenvalue weighted by molar-refractivity contribution is 0.0259. The number of aliphatic hydroxyl groups excluding tert-OH is 1. The van der Waals surface area contributed by atoms with Crippen LogP contribution in [0.4, 0.5) is 4.39 Å². The van der Waals surface area contributed by atoms with Crippen molar-refractivity contribution in [2.75, 3.05) is 13.1 Å². The number of benzene rings is 1. The number of piperidine rings is 1. The molecule has 0 radical (unpaired) electrons. The Balaban J connectivity index is 2.01. The first-order chi connectivity index (χ1) is 8.60. The topological polar surface area (TPSA) is 49.5 Å². The van der Waals surface area contributed by atoms with Crippen LogP contribution in [0.2, 0.25) is 0 Å². The zero-order chi connectivity index (χ0) is 13.1. The van der Waals surface area contributed by atoms with Crippen LogP contribution < -0.4 is 5.73 Å². The molecule has 0 aliphatic carbocycles. The minimum Gasteiger partial charge on any atom is -0.392 e. The predicted octanol–water partition coefficient (Wildman–Crippen LogP) is 1.49. The van der Waals surface area contributed by atoms with Crippen molar-refractivity contribution in [2.24, 2.45) is 11.7 Å². The highest BCUT2D eigenvalue weighted by atomic mass is 19.1. The van der Waals surface area contributed by atoms with Crippen molar-refractivity contribution in [3.05, 3.63) is 35.1 Å². The molecule has 4 heteroatoms. The van der Waals surface area contributed by atoms with Gasteiger partial charge in [0.15, 0.2) is 0 Å². The summed E-state index contributed by atoms with van der Waals surface area (Å²) < 4.78 is 13.3. The molecule has 2 rings (SSSR count). The second-order valence-electron chi connectivity index (χ2n) is 5.20. The van der Waals surface area contributed by atoms with E-state index in [0.717, 1.165) is 25.1 Å². The minimum absolute atomic E-state index is 0.222. The maximum absolute atomic E-state index is 13.3. The summed E-state index contributed by atoms with van der Waals surface area (Å²) >= 11 is 0. The van der Waals surface area contributed by atoms with Gasteiger partial charge in [-0.05, 0) is 30.5 Å². The third-order valence-electron chi connectivity index (χ3n) is 3.74. The van der Waals surface area contributed by atoms with E-state index in [4.69, 9.17) is 5.73 Å². The number of aliphatic hydroxyl groups is 1. The lowest BCUT2D eigenvalue weighted by atomic mass is 9.95. The summed E-state index contributed by atoms with van der Waals surface area (Å²) in [5.41, 5.74) is 7.11. The van der Waals surface area contributed by atoms with Crippen LogP contribution in [-0.2, 0) is 13.1 Å². The van der Waals surface area contributed by atoms with E-state index >= 15 is 0 Å². The number of β-amino-alcohol motifs (C(OH)–C–C–N with tert-alkyl or cyclic N) is 1. The molecule has 1 aliphatic heterocycles. The van der Waals surface area contributed by atoms with Gasteiger partial charge < -0.3 is 10.8 Å². The van der Waals surface area contributed by atoms with Gasteiger partial charge >= 0.3 is 0 Å². The third-order valence-corrected chi connectivity index (χ3v) is 3.74. The van der Waals surface area contributed by atoms with Gasteiger partial charge in [0.05, 0.1) is 6.10 Å². The number of hydrogen-bond donors (Lipinski definition) is 2. The molecule has 0 spiro atoms. The predicted molar refractivity (Wildman–Crippen MR) is 69.4 cm³/mol. The van der Waals surface area contributed by atoms with Crippen LogP contribution in [0.25, 0.3) is 0 Å². The Bertz CT molecular complexity index is 411. The summed E-state index contributed by atoms with van der Waals surface area (Å²) in [6.45, 7) is 4.72. The molecule has 0 aromatic heterocycles. The second kappa shape index (κ2) is 5.78. The van der Waals surface area contributed by atoms with Crippen molar-refractivity contribution in [1.29, 1.82) is 0 Å². The fourth-order valence-corrected chi connectivity index (χ4v) is 2.40. The molecule has 3 N–H and O–H groups in total. The zero-order valence-electron chi connectivity index (χ0n) is 10.8. The van der Waals surface area contributed by atoms with Crippen LogP contribution in [0.15, 0.2) is 18.2 Å². The molecule has 1 aliphatic rings. The number of halogens is 1. The minimum atomic E-state index is -0.256. The lowest BCUT2D eigenvalue weighted by Crippen LogP contribution is -2.42. The molecule has 1 fully saturated rings. The van der Waals surface area contributed by atoms with Crippen molar-refractivity contribution in [3.63, 3.8) is 0 Å². The summed E-state index contributed by atoms with van der Waals surface area (Å²) in [7, 11) is 0. The Morgan fingerprint density at radius 1 is 1.50 bits per heavy atom. The van der Waals surface area contributed by atoms with E-state index in [1.165, 1.54) is 6.07 Å². The highest BCUT2D eigenvalue weighted by Crippen LogP contribution is 2.19. The Morgan fingerprint density at radius 2 is 2.28 bits per heavy atom. The van der Waals surface area contributed by atoms with Gasteiger partial charge in [-0.3, -0.25) is 4.90 Å². The molecular formula is C14H21FN2O. The smallest absolute Gasteiger partial charge is 0.127 e. The quantitative estimate of drug-likeness (QED) is 0.857. The summed E-state index contributed by atoms with van der Waals surface area (Å²) in [5, 5.41) is 9.85. The largest absolute Gasteiger partial charge is 0.392 e. The first kappa shape index (κ1) is 13.5. The number of nitrogens with zero attached hydrogens (tertiary/aromatic N) is 1. The molecular weight excluding hydrogens is 231 g/mol. The number of rotatable bonds is 3. The van der Waals surface area contributed by atoms with E-state index in [2.05, 4.69) is 11.8 Å². The van der Waals surface area contributed by atoms with Crippen molar-refractivity contribution in [3.8, 4) is 0 Å². The Hall–Kier alpha value is -0.970. The fourth-order valence-electron chi connectivity index (χ4n) is 2.40. The maximum Gasteiger partial charge on any atom is 0.127 e. The van der Waals surface area contributed by atoms with E-state index in [-0.39, 0.29) is 18.5 Å². The van der Waals surface area contributed by atoms with E-state index in [0.29, 0.717) is 18.0 Å². The van der Waals surface area contributed by atoms with Crippen LogP contribution in [0.5, 0.6) is 0 Å². The van der Waals surface area contributed by atoms with Gasteiger partial charge in [-0.1, -0.05) is 19.1 Å². The van der Waals surface area contributed by atoms with Gasteiger partial charge in [-0.15, -0.1) is 0 Å². The number of likely N-dealkylation sites (tertiary alicyclic amines) is 1. The fraction of sp³-hybridized carbons (Fsp3) is 0.571.